The van der Waals surface area contributed by atoms with Gasteiger partial charge in [-0.25, -0.2) is 0 Å². The van der Waals surface area contributed by atoms with Crippen molar-refractivity contribution < 1.29 is 14.3 Å². The van der Waals surface area contributed by atoms with Crippen molar-refractivity contribution in [2.75, 3.05) is 0 Å². The summed E-state index contributed by atoms with van der Waals surface area (Å²) in [7, 11) is 0. The van der Waals surface area contributed by atoms with E-state index < -0.39 is 18.6 Å². The minimum Gasteiger partial charge on any atom is -0.388 e. The predicted molar refractivity (Wildman–Crippen MR) is 26.9 cm³/mol. The van der Waals surface area contributed by atoms with Crippen molar-refractivity contribution in [3.63, 3.8) is 0 Å². The molecule has 0 fully saturated rings. The molecule has 0 saturated heterocycles. The van der Waals surface area contributed by atoms with Crippen LogP contribution < -0.4 is 0 Å². The van der Waals surface area contributed by atoms with Crippen molar-refractivity contribution in [2.24, 2.45) is 0 Å². The van der Waals surface area contributed by atoms with Crippen LogP contribution in [0.3, 0.4) is 0 Å². The van der Waals surface area contributed by atoms with Gasteiger partial charge in [-0.2, -0.15) is 4.39 Å². The van der Waals surface area contributed by atoms with Crippen molar-refractivity contribution in [3.8, 4) is 0 Å². The summed E-state index contributed by atoms with van der Waals surface area (Å²) in [6.45, 7) is 3.14. The van der Waals surface area contributed by atoms with Gasteiger partial charge in [-0.15, -0.1) is 6.58 Å². The van der Waals surface area contributed by atoms with E-state index in [2.05, 4.69) is 6.58 Å². The molecule has 0 spiro atoms. The van der Waals surface area contributed by atoms with Gasteiger partial charge in [0.1, 0.15) is 0 Å². The molecule has 2 nitrogen and oxygen atoms in total. The number of hydrogen-bond acceptors (Lipinski definition) is 2. The van der Waals surface area contributed by atoms with Crippen LogP contribution in [0.25, 0.3) is 0 Å². The van der Waals surface area contributed by atoms with Crippen molar-refractivity contribution in [2.45, 2.75) is 12.5 Å². The minimum absolute atomic E-state index is 0.483. The molecule has 46 valence electrons. The summed E-state index contributed by atoms with van der Waals surface area (Å²) in [5, 5.41) is 8.45. The Morgan fingerprint density at radius 3 is 2.62 bits per heavy atom. The van der Waals surface area contributed by atoms with Gasteiger partial charge in [0.05, 0.1) is 12.5 Å². The van der Waals surface area contributed by atoms with Gasteiger partial charge in [0.15, 0.2) is 0 Å². The summed E-state index contributed by atoms with van der Waals surface area (Å²) < 4.78 is 11.3. The molecule has 0 aliphatic carbocycles. The van der Waals surface area contributed by atoms with Crippen LogP contribution in [0.5, 0.6) is 0 Å². The molecule has 1 N–H and O–H groups in total. The Morgan fingerprint density at radius 2 is 2.50 bits per heavy atom. The second-order valence-electron chi connectivity index (χ2n) is 1.36. The van der Waals surface area contributed by atoms with Crippen LogP contribution in [-0.2, 0) is 4.79 Å². The van der Waals surface area contributed by atoms with E-state index >= 15 is 0 Å². The van der Waals surface area contributed by atoms with E-state index in [4.69, 9.17) is 5.11 Å². The summed E-state index contributed by atoms with van der Waals surface area (Å²) in [6.07, 6.45) is -0.409. The fourth-order valence-electron chi connectivity index (χ4n) is 0.248. The molecule has 3 heteroatoms. The Kier molecular flexibility index (Phi) is 3.03. The van der Waals surface area contributed by atoms with Gasteiger partial charge < -0.3 is 5.11 Å². The van der Waals surface area contributed by atoms with Crippen LogP contribution in [0.15, 0.2) is 12.7 Å². The molecular weight excluding hydrogens is 111 g/mol. The molecule has 0 aromatic carbocycles. The first-order chi connectivity index (χ1) is 3.66. The van der Waals surface area contributed by atoms with Crippen LogP contribution in [0.4, 0.5) is 4.39 Å². The molecule has 0 amide bonds. The smallest absolute Gasteiger partial charge is 0.304 e. The van der Waals surface area contributed by atoms with Crippen molar-refractivity contribution in [1.29, 1.82) is 0 Å². The maximum absolute atomic E-state index is 11.3. The van der Waals surface area contributed by atoms with Crippen LogP contribution in [0.1, 0.15) is 6.42 Å². The van der Waals surface area contributed by atoms with Gasteiger partial charge in [-0.1, -0.05) is 6.08 Å². The predicted octanol–water partition coefficient (Wildman–Crippen LogP) is 0.419. The number of carbonyl (C=O) groups excluding carboxylic acids is 1. The highest BCUT2D eigenvalue weighted by Gasteiger charge is 2.03. The number of rotatable bonds is 3. The highest BCUT2D eigenvalue weighted by Crippen LogP contribution is 1.92. The van der Waals surface area contributed by atoms with Gasteiger partial charge in [0.25, 0.3) is 0 Å². The SMILES string of the molecule is C=C[C@@H](O)CC(=O)F. The maximum atomic E-state index is 11.3. The molecule has 0 aliphatic rings. The average Bonchev–Trinajstić information content (AvgIpc) is 1.65. The van der Waals surface area contributed by atoms with Crippen molar-refractivity contribution in [1.82, 2.24) is 0 Å². The first kappa shape index (κ1) is 7.30. The monoisotopic (exact) mass is 118 g/mol. The zero-order chi connectivity index (χ0) is 6.57. The number of aliphatic hydroxyl groups excluding tert-OH is 1. The van der Waals surface area contributed by atoms with Crippen LogP contribution in [0.2, 0.25) is 0 Å². The molecule has 0 saturated carbocycles. The molecule has 0 bridgehead atoms. The lowest BCUT2D eigenvalue weighted by Gasteiger charge is -1.95. The lowest BCUT2D eigenvalue weighted by molar-refractivity contribution is -0.130. The van der Waals surface area contributed by atoms with E-state index in [9.17, 15) is 9.18 Å². The molecule has 0 aromatic heterocycles. The molecule has 1 atom stereocenters. The highest BCUT2D eigenvalue weighted by atomic mass is 19.1. The van der Waals surface area contributed by atoms with Gasteiger partial charge in [0, 0.05) is 0 Å². The van der Waals surface area contributed by atoms with Crippen molar-refractivity contribution in [3.05, 3.63) is 12.7 Å². The topological polar surface area (TPSA) is 37.3 Å². The Morgan fingerprint density at radius 1 is 2.00 bits per heavy atom. The lowest BCUT2D eigenvalue weighted by atomic mass is 10.3. The third-order valence-electron chi connectivity index (χ3n) is 0.642. The quantitative estimate of drug-likeness (QED) is 0.430. The lowest BCUT2D eigenvalue weighted by Crippen LogP contribution is -2.05. The normalized spacial score (nSPS) is 12.8. The third-order valence-corrected chi connectivity index (χ3v) is 0.642. The molecule has 0 heterocycles. The van der Waals surface area contributed by atoms with Crippen LogP contribution in [0, 0.1) is 0 Å². The second kappa shape index (κ2) is 3.32. The van der Waals surface area contributed by atoms with Gasteiger partial charge in [-0.05, 0) is 0 Å². The number of aliphatic hydroxyl groups is 1. The van der Waals surface area contributed by atoms with Gasteiger partial charge in [-0.3, -0.25) is 4.79 Å². The minimum atomic E-state index is -1.52. The third kappa shape index (κ3) is 3.49. The van der Waals surface area contributed by atoms with E-state index in [1.807, 2.05) is 0 Å². The number of carbonyl (C=O) groups is 1. The Hall–Kier alpha value is -0.700. The molecule has 8 heavy (non-hydrogen) atoms. The van der Waals surface area contributed by atoms with Gasteiger partial charge in [0.2, 0.25) is 0 Å². The highest BCUT2D eigenvalue weighted by molar-refractivity contribution is 5.68. The van der Waals surface area contributed by atoms with Gasteiger partial charge >= 0.3 is 6.04 Å². The Bertz CT molecular complexity index is 101. The largest absolute Gasteiger partial charge is 0.388 e. The molecular formula is C5H7FO2. The number of halogens is 1. The molecule has 0 unspecified atom stereocenters. The molecule has 0 aromatic rings. The zero-order valence-corrected chi connectivity index (χ0v) is 4.30. The number of hydrogen-bond donors (Lipinski definition) is 1. The van der Waals surface area contributed by atoms with E-state index in [0.29, 0.717) is 0 Å². The second-order valence-corrected chi connectivity index (χ2v) is 1.36. The summed E-state index contributed by atoms with van der Waals surface area (Å²) in [5.41, 5.74) is 0. The molecule has 0 rings (SSSR count). The van der Waals surface area contributed by atoms with Crippen LogP contribution >= 0.6 is 0 Å². The molecule has 0 aliphatic heterocycles. The fraction of sp³-hybridized carbons (Fsp3) is 0.400. The summed E-state index contributed by atoms with van der Waals surface area (Å²) >= 11 is 0. The van der Waals surface area contributed by atoms with Crippen LogP contribution in [-0.4, -0.2) is 17.2 Å². The Labute approximate surface area is 46.6 Å². The van der Waals surface area contributed by atoms with E-state index in [-0.39, 0.29) is 0 Å². The summed E-state index contributed by atoms with van der Waals surface area (Å²) in [5.74, 6) is 0. The average molecular weight is 118 g/mol. The summed E-state index contributed by atoms with van der Waals surface area (Å²) in [6, 6.07) is -1.52. The maximum Gasteiger partial charge on any atom is 0.304 e. The Balaban J connectivity index is 3.38. The first-order valence-electron chi connectivity index (χ1n) is 2.15. The summed E-state index contributed by atoms with van der Waals surface area (Å²) in [4.78, 5) is 9.54. The van der Waals surface area contributed by atoms with E-state index in [0.717, 1.165) is 6.08 Å². The van der Waals surface area contributed by atoms with E-state index in [1.54, 1.807) is 0 Å². The van der Waals surface area contributed by atoms with Crippen molar-refractivity contribution >= 4 is 6.04 Å². The standard InChI is InChI=1S/C5H7FO2/c1-2-4(7)3-5(6)8/h2,4,7H,1,3H2/t4-/m1/s1. The van der Waals surface area contributed by atoms with E-state index in [1.165, 1.54) is 0 Å². The molecule has 0 radical (unpaired) electrons. The first-order valence-corrected chi connectivity index (χ1v) is 2.15. The fourth-order valence-corrected chi connectivity index (χ4v) is 0.248. The zero-order valence-electron chi connectivity index (χ0n) is 4.30.